The van der Waals surface area contributed by atoms with Crippen molar-refractivity contribution in [1.82, 2.24) is 15.1 Å². The Morgan fingerprint density at radius 2 is 2.12 bits per heavy atom. The van der Waals surface area contributed by atoms with Crippen molar-refractivity contribution in [3.8, 4) is 11.4 Å². The zero-order chi connectivity index (χ0) is 16.9. The van der Waals surface area contributed by atoms with Gasteiger partial charge in [0.2, 0.25) is 0 Å². The third-order valence-electron chi connectivity index (χ3n) is 4.10. The fourth-order valence-electron chi connectivity index (χ4n) is 2.53. The summed E-state index contributed by atoms with van der Waals surface area (Å²) in [5.74, 6) is 0.799. The van der Waals surface area contributed by atoms with E-state index in [1.54, 1.807) is 10.9 Å². The molecule has 1 amide bonds. The molecule has 0 radical (unpaired) electrons. The van der Waals surface area contributed by atoms with Crippen molar-refractivity contribution >= 4 is 18.3 Å². The van der Waals surface area contributed by atoms with E-state index in [0.29, 0.717) is 30.5 Å². The van der Waals surface area contributed by atoms with Gasteiger partial charge in [0.1, 0.15) is 0 Å². The maximum atomic E-state index is 12.5. The van der Waals surface area contributed by atoms with Crippen LogP contribution in [0.4, 0.5) is 0 Å². The Labute approximate surface area is 154 Å². The lowest BCUT2D eigenvalue weighted by molar-refractivity contribution is 0.0941. The van der Waals surface area contributed by atoms with E-state index >= 15 is 0 Å². The highest BCUT2D eigenvalue weighted by molar-refractivity contribution is 5.95. The van der Waals surface area contributed by atoms with Gasteiger partial charge in [-0.1, -0.05) is 25.1 Å². The van der Waals surface area contributed by atoms with Gasteiger partial charge in [-0.2, -0.15) is 5.10 Å². The molecule has 1 aliphatic carbocycles. The molecule has 25 heavy (non-hydrogen) atoms. The van der Waals surface area contributed by atoms with Crippen LogP contribution in [0.15, 0.2) is 36.5 Å². The number of nitrogens with zero attached hydrogens (tertiary/aromatic N) is 2. The highest BCUT2D eigenvalue weighted by Crippen LogP contribution is 2.31. The van der Waals surface area contributed by atoms with E-state index in [2.05, 4.69) is 10.4 Å². The Morgan fingerprint density at radius 3 is 2.76 bits per heavy atom. The number of hydrogen-bond acceptors (Lipinski definition) is 4. The van der Waals surface area contributed by atoms with Crippen molar-refractivity contribution in [2.24, 2.45) is 11.7 Å². The second-order valence-corrected chi connectivity index (χ2v) is 6.18. The van der Waals surface area contributed by atoms with Crippen LogP contribution in [0.5, 0.6) is 5.75 Å². The number of ether oxygens (including phenoxy) is 1. The monoisotopic (exact) mass is 364 g/mol. The maximum absolute atomic E-state index is 12.5. The van der Waals surface area contributed by atoms with Gasteiger partial charge in [-0.15, -0.1) is 12.4 Å². The molecule has 1 atom stereocenters. The number of rotatable bonds is 8. The number of nitrogens with one attached hydrogen (secondary N) is 1. The van der Waals surface area contributed by atoms with E-state index in [0.717, 1.165) is 24.9 Å². The fraction of sp³-hybridized carbons (Fsp3) is 0.444. The molecule has 1 aromatic heterocycles. The minimum atomic E-state index is -0.244. The molecule has 3 N–H and O–H groups in total. The van der Waals surface area contributed by atoms with E-state index in [-0.39, 0.29) is 24.4 Å². The van der Waals surface area contributed by atoms with Crippen LogP contribution in [-0.2, 0) is 0 Å². The fourth-order valence-corrected chi connectivity index (χ4v) is 2.53. The summed E-state index contributed by atoms with van der Waals surface area (Å²) in [5.41, 5.74) is 7.23. The Morgan fingerprint density at radius 1 is 1.40 bits per heavy atom. The first-order valence-corrected chi connectivity index (χ1v) is 8.50. The van der Waals surface area contributed by atoms with Crippen LogP contribution in [0.3, 0.4) is 0 Å². The molecule has 3 rings (SSSR count). The summed E-state index contributed by atoms with van der Waals surface area (Å²) in [7, 11) is 0. The summed E-state index contributed by atoms with van der Waals surface area (Å²) in [4.78, 5) is 12.5. The molecule has 6 nitrogen and oxygen atoms in total. The molecule has 1 fully saturated rings. The molecule has 7 heteroatoms. The SMILES string of the molecule is CCCOc1cn(-c2ccccc2)nc1C(=O)NCC(N)C1CC1.Cl. The van der Waals surface area contributed by atoms with Crippen LogP contribution in [0.2, 0.25) is 0 Å². The van der Waals surface area contributed by atoms with E-state index in [4.69, 9.17) is 10.5 Å². The number of carbonyl (C=O) groups excluding carboxylic acids is 1. The number of amides is 1. The van der Waals surface area contributed by atoms with Crippen LogP contribution < -0.4 is 15.8 Å². The minimum absolute atomic E-state index is 0. The predicted octanol–water partition coefficient (Wildman–Crippen LogP) is 2.55. The molecule has 0 aliphatic heterocycles. The molecule has 1 heterocycles. The third-order valence-corrected chi connectivity index (χ3v) is 4.10. The van der Waals surface area contributed by atoms with Gasteiger partial charge in [0, 0.05) is 12.6 Å². The minimum Gasteiger partial charge on any atom is -0.489 e. The second-order valence-electron chi connectivity index (χ2n) is 6.18. The van der Waals surface area contributed by atoms with Gasteiger partial charge >= 0.3 is 0 Å². The Hall–Kier alpha value is -2.05. The molecule has 0 saturated heterocycles. The summed E-state index contributed by atoms with van der Waals surface area (Å²) in [6.45, 7) is 3.04. The molecular weight excluding hydrogens is 340 g/mol. The summed E-state index contributed by atoms with van der Waals surface area (Å²) < 4.78 is 7.37. The molecule has 1 aromatic carbocycles. The lowest BCUT2D eigenvalue weighted by Crippen LogP contribution is -2.38. The average Bonchev–Trinajstić information content (AvgIpc) is 3.38. The number of carbonyl (C=O) groups is 1. The van der Waals surface area contributed by atoms with Gasteiger partial charge in [0.25, 0.3) is 5.91 Å². The number of aromatic nitrogens is 2. The van der Waals surface area contributed by atoms with E-state index in [1.807, 2.05) is 37.3 Å². The highest BCUT2D eigenvalue weighted by atomic mass is 35.5. The Balaban J connectivity index is 0.00000225. The van der Waals surface area contributed by atoms with Crippen LogP contribution in [0.25, 0.3) is 5.69 Å². The lowest BCUT2D eigenvalue weighted by atomic mass is 10.2. The van der Waals surface area contributed by atoms with Crippen LogP contribution in [0.1, 0.15) is 36.7 Å². The first-order chi connectivity index (χ1) is 11.7. The largest absolute Gasteiger partial charge is 0.489 e. The first-order valence-electron chi connectivity index (χ1n) is 8.50. The van der Waals surface area contributed by atoms with Gasteiger partial charge < -0.3 is 15.8 Å². The van der Waals surface area contributed by atoms with Crippen molar-refractivity contribution in [3.05, 3.63) is 42.2 Å². The van der Waals surface area contributed by atoms with Crippen molar-refractivity contribution in [1.29, 1.82) is 0 Å². The van der Waals surface area contributed by atoms with Crippen LogP contribution in [0, 0.1) is 5.92 Å². The summed E-state index contributed by atoms with van der Waals surface area (Å²) in [5, 5.41) is 7.29. The number of nitrogens with two attached hydrogens (primary N) is 1. The number of halogens is 1. The zero-order valence-electron chi connectivity index (χ0n) is 14.4. The van der Waals surface area contributed by atoms with Crippen molar-refractivity contribution in [3.63, 3.8) is 0 Å². The molecule has 136 valence electrons. The quantitative estimate of drug-likeness (QED) is 0.754. The van der Waals surface area contributed by atoms with Gasteiger partial charge in [-0.25, -0.2) is 4.68 Å². The molecule has 1 saturated carbocycles. The lowest BCUT2D eigenvalue weighted by Gasteiger charge is -2.11. The average molecular weight is 365 g/mol. The van der Waals surface area contributed by atoms with E-state index in [1.165, 1.54) is 0 Å². The molecule has 2 aromatic rings. The van der Waals surface area contributed by atoms with Crippen LogP contribution in [-0.4, -0.2) is 34.9 Å². The van der Waals surface area contributed by atoms with Crippen molar-refractivity contribution in [2.45, 2.75) is 32.2 Å². The van der Waals surface area contributed by atoms with E-state index in [9.17, 15) is 4.79 Å². The molecule has 1 aliphatic rings. The molecule has 1 unspecified atom stereocenters. The Kier molecular flexibility index (Phi) is 6.84. The van der Waals surface area contributed by atoms with Gasteiger partial charge in [0.15, 0.2) is 11.4 Å². The van der Waals surface area contributed by atoms with Gasteiger partial charge in [-0.05, 0) is 37.3 Å². The van der Waals surface area contributed by atoms with Crippen molar-refractivity contribution < 1.29 is 9.53 Å². The first kappa shape index (κ1) is 19.3. The topological polar surface area (TPSA) is 82.2 Å². The van der Waals surface area contributed by atoms with E-state index < -0.39 is 0 Å². The number of hydrogen-bond donors (Lipinski definition) is 2. The molecule has 0 spiro atoms. The highest BCUT2D eigenvalue weighted by Gasteiger charge is 2.29. The molecular formula is C18H25ClN4O2. The smallest absolute Gasteiger partial charge is 0.275 e. The third kappa shape index (κ3) is 4.96. The van der Waals surface area contributed by atoms with Crippen molar-refractivity contribution in [2.75, 3.05) is 13.2 Å². The maximum Gasteiger partial charge on any atom is 0.275 e. The molecule has 0 bridgehead atoms. The summed E-state index contributed by atoms with van der Waals surface area (Å²) >= 11 is 0. The Bertz CT molecular complexity index is 686. The van der Waals surface area contributed by atoms with Crippen LogP contribution >= 0.6 is 12.4 Å². The summed E-state index contributed by atoms with van der Waals surface area (Å²) in [6, 6.07) is 9.68. The second kappa shape index (κ2) is 8.87. The van der Waals surface area contributed by atoms with Gasteiger partial charge in [0.05, 0.1) is 18.5 Å². The zero-order valence-corrected chi connectivity index (χ0v) is 15.2. The summed E-state index contributed by atoms with van der Waals surface area (Å²) in [6.07, 6.45) is 4.93. The standard InChI is InChI=1S/C18H24N4O2.ClH/c1-2-10-24-16-12-22(14-6-4-3-5-7-14)21-17(16)18(23)20-11-15(19)13-8-9-13;/h3-7,12-13,15H,2,8-11,19H2,1H3,(H,20,23);1H. The number of para-hydroxylation sites is 1. The van der Waals surface area contributed by atoms with Gasteiger partial charge in [-0.3, -0.25) is 4.79 Å². The number of benzene rings is 1. The normalized spacial score (nSPS) is 14.5. The predicted molar refractivity (Wildman–Crippen MR) is 99.6 cm³/mol.